The Kier molecular flexibility index (Phi) is 5.43. The first kappa shape index (κ1) is 17.8. The van der Waals surface area contributed by atoms with Gasteiger partial charge < -0.3 is 20.3 Å². The van der Waals surface area contributed by atoms with Gasteiger partial charge in [-0.3, -0.25) is 9.59 Å². The van der Waals surface area contributed by atoms with Crippen molar-refractivity contribution >= 4 is 17.9 Å². The number of hydrogen-bond acceptors (Lipinski definition) is 4. The Morgan fingerprint density at radius 1 is 1.29 bits per heavy atom. The third-order valence-corrected chi connectivity index (χ3v) is 4.32. The van der Waals surface area contributed by atoms with Gasteiger partial charge in [0.1, 0.15) is 18.2 Å². The minimum Gasteiger partial charge on any atom is -0.445 e. The van der Waals surface area contributed by atoms with Crippen LogP contribution in [0.15, 0.2) is 30.3 Å². The monoisotopic (exact) mass is 333 g/mol. The van der Waals surface area contributed by atoms with E-state index in [2.05, 4.69) is 10.6 Å². The second-order valence-electron chi connectivity index (χ2n) is 6.02. The minimum absolute atomic E-state index is 0.132. The van der Waals surface area contributed by atoms with Crippen molar-refractivity contribution in [2.24, 2.45) is 0 Å². The molecule has 7 nitrogen and oxygen atoms in total. The molecule has 0 aromatic heterocycles. The lowest BCUT2D eigenvalue weighted by Gasteiger charge is -2.49. The van der Waals surface area contributed by atoms with Crippen molar-refractivity contribution in [3.8, 4) is 0 Å². The summed E-state index contributed by atoms with van der Waals surface area (Å²) in [5, 5.41) is 5.08. The Morgan fingerprint density at radius 2 is 1.96 bits per heavy atom. The number of ether oxygens (including phenoxy) is 1. The molecule has 7 heteroatoms. The van der Waals surface area contributed by atoms with Crippen LogP contribution in [-0.4, -0.2) is 48.0 Å². The molecule has 24 heavy (non-hydrogen) atoms. The Balaban J connectivity index is 1.85. The van der Waals surface area contributed by atoms with Crippen LogP contribution in [0.4, 0.5) is 4.79 Å². The number of carbonyl (C=O) groups is 3. The molecular weight excluding hydrogens is 310 g/mol. The smallest absolute Gasteiger partial charge is 0.408 e. The van der Waals surface area contributed by atoms with Gasteiger partial charge in [-0.2, -0.15) is 0 Å². The number of rotatable bonds is 5. The Morgan fingerprint density at radius 3 is 2.50 bits per heavy atom. The molecule has 1 heterocycles. The fraction of sp³-hybridized carbons (Fsp3) is 0.471. The highest BCUT2D eigenvalue weighted by Gasteiger charge is 2.49. The Labute approximate surface area is 141 Å². The number of hydrogen-bond donors (Lipinski definition) is 2. The molecule has 130 valence electrons. The summed E-state index contributed by atoms with van der Waals surface area (Å²) in [6, 6.07) is 8.50. The van der Waals surface area contributed by atoms with Crippen LogP contribution < -0.4 is 10.6 Å². The van der Waals surface area contributed by atoms with Gasteiger partial charge in [-0.05, 0) is 25.8 Å². The zero-order valence-electron chi connectivity index (χ0n) is 14.2. The van der Waals surface area contributed by atoms with Gasteiger partial charge in [0, 0.05) is 13.6 Å². The summed E-state index contributed by atoms with van der Waals surface area (Å²) in [6.07, 6.45) is -0.0642. The zero-order chi connectivity index (χ0) is 17.7. The molecule has 0 radical (unpaired) electrons. The van der Waals surface area contributed by atoms with E-state index in [1.807, 2.05) is 30.3 Å². The van der Waals surface area contributed by atoms with E-state index in [9.17, 15) is 14.4 Å². The lowest BCUT2D eigenvalue weighted by molar-refractivity contribution is -0.158. The number of nitrogens with one attached hydrogen (secondary N) is 2. The maximum atomic E-state index is 12.4. The molecule has 3 amide bonds. The maximum absolute atomic E-state index is 12.4. The second kappa shape index (κ2) is 7.33. The van der Waals surface area contributed by atoms with Crippen molar-refractivity contribution in [1.29, 1.82) is 0 Å². The van der Waals surface area contributed by atoms with E-state index < -0.39 is 17.7 Å². The topological polar surface area (TPSA) is 87.7 Å². The van der Waals surface area contributed by atoms with Crippen LogP contribution in [0.25, 0.3) is 0 Å². The average molecular weight is 333 g/mol. The molecule has 0 spiro atoms. The number of carbonyl (C=O) groups excluding carboxylic acids is 3. The van der Waals surface area contributed by atoms with Crippen LogP contribution >= 0.6 is 0 Å². The van der Waals surface area contributed by atoms with Gasteiger partial charge in [0.15, 0.2) is 0 Å². The van der Waals surface area contributed by atoms with Crippen molar-refractivity contribution in [3.63, 3.8) is 0 Å². The fourth-order valence-corrected chi connectivity index (χ4v) is 2.65. The Bertz CT molecular complexity index is 620. The molecule has 2 atom stereocenters. The largest absolute Gasteiger partial charge is 0.445 e. The van der Waals surface area contributed by atoms with Gasteiger partial charge in [0.05, 0.1) is 0 Å². The molecule has 0 bridgehead atoms. The highest BCUT2D eigenvalue weighted by Crippen LogP contribution is 2.31. The first-order valence-corrected chi connectivity index (χ1v) is 7.89. The van der Waals surface area contributed by atoms with Crippen LogP contribution in [0.5, 0.6) is 0 Å². The highest BCUT2D eigenvalue weighted by atomic mass is 16.5. The quantitative estimate of drug-likeness (QED) is 0.843. The lowest BCUT2D eigenvalue weighted by Crippen LogP contribution is -2.69. The van der Waals surface area contributed by atoms with Crippen molar-refractivity contribution in [2.75, 3.05) is 13.6 Å². The molecule has 1 aromatic carbocycles. The van der Waals surface area contributed by atoms with E-state index in [0.717, 1.165) is 5.56 Å². The SMILES string of the molecule is CNC(=O)C1(C)CCN1C(=O)[C@H](C)NC(=O)OCc1ccccc1. The summed E-state index contributed by atoms with van der Waals surface area (Å²) in [6.45, 7) is 3.92. The van der Waals surface area contributed by atoms with Gasteiger partial charge in [0.2, 0.25) is 11.8 Å². The van der Waals surface area contributed by atoms with Crippen LogP contribution in [-0.2, 0) is 20.9 Å². The molecular formula is C17H23N3O4. The van der Waals surface area contributed by atoms with Gasteiger partial charge in [-0.1, -0.05) is 30.3 Å². The number of amides is 3. The minimum atomic E-state index is -0.851. The third-order valence-electron chi connectivity index (χ3n) is 4.32. The summed E-state index contributed by atoms with van der Waals surface area (Å²) in [4.78, 5) is 37.7. The number of nitrogens with zero attached hydrogens (tertiary/aromatic N) is 1. The van der Waals surface area contributed by atoms with E-state index in [4.69, 9.17) is 4.74 Å². The second-order valence-corrected chi connectivity index (χ2v) is 6.02. The molecule has 1 saturated heterocycles. The molecule has 2 rings (SSSR count). The average Bonchev–Trinajstić information content (AvgIpc) is 2.58. The Hall–Kier alpha value is -2.57. The number of likely N-dealkylation sites (tertiary alicyclic amines) is 1. The third kappa shape index (κ3) is 3.67. The van der Waals surface area contributed by atoms with Gasteiger partial charge in [0.25, 0.3) is 0 Å². The van der Waals surface area contributed by atoms with Crippen LogP contribution in [0.2, 0.25) is 0 Å². The summed E-state index contributed by atoms with van der Waals surface area (Å²) in [5.41, 5.74) is 0.0111. The molecule has 1 aliphatic rings. The van der Waals surface area contributed by atoms with E-state index >= 15 is 0 Å². The predicted molar refractivity (Wildman–Crippen MR) is 88.0 cm³/mol. The molecule has 2 N–H and O–H groups in total. The summed E-state index contributed by atoms with van der Waals surface area (Å²) < 4.78 is 5.10. The van der Waals surface area contributed by atoms with Crippen molar-refractivity contribution in [1.82, 2.24) is 15.5 Å². The van der Waals surface area contributed by atoms with E-state index in [1.165, 1.54) is 11.9 Å². The summed E-state index contributed by atoms with van der Waals surface area (Å²) in [5.74, 6) is -0.509. The number of alkyl carbamates (subject to hydrolysis) is 1. The molecule has 0 aliphatic carbocycles. The zero-order valence-corrected chi connectivity index (χ0v) is 14.2. The van der Waals surface area contributed by atoms with Gasteiger partial charge >= 0.3 is 6.09 Å². The molecule has 1 aliphatic heterocycles. The van der Waals surface area contributed by atoms with Crippen molar-refractivity contribution < 1.29 is 19.1 Å². The lowest BCUT2D eigenvalue weighted by atomic mass is 9.85. The first-order chi connectivity index (χ1) is 11.4. The van der Waals surface area contributed by atoms with E-state index in [0.29, 0.717) is 13.0 Å². The van der Waals surface area contributed by atoms with Gasteiger partial charge in [-0.25, -0.2) is 4.79 Å². The number of likely N-dealkylation sites (N-methyl/N-ethyl adjacent to an activating group) is 1. The van der Waals surface area contributed by atoms with Crippen LogP contribution in [0.3, 0.4) is 0 Å². The molecule has 1 fully saturated rings. The molecule has 1 unspecified atom stereocenters. The first-order valence-electron chi connectivity index (χ1n) is 7.89. The molecule has 1 aromatic rings. The predicted octanol–water partition coefficient (Wildman–Crippen LogP) is 1.04. The highest BCUT2D eigenvalue weighted by molar-refractivity contribution is 5.95. The van der Waals surface area contributed by atoms with Gasteiger partial charge in [-0.15, -0.1) is 0 Å². The van der Waals surface area contributed by atoms with Crippen LogP contribution in [0, 0.1) is 0 Å². The maximum Gasteiger partial charge on any atom is 0.408 e. The van der Waals surface area contributed by atoms with E-state index in [-0.39, 0.29) is 18.4 Å². The van der Waals surface area contributed by atoms with Crippen molar-refractivity contribution in [2.45, 2.75) is 38.5 Å². The van der Waals surface area contributed by atoms with Crippen LogP contribution in [0.1, 0.15) is 25.8 Å². The summed E-state index contributed by atoms with van der Waals surface area (Å²) in [7, 11) is 1.54. The standard InChI is InChI=1S/C17H23N3O4/c1-12(14(21)20-10-9-17(20,2)15(22)18-3)19-16(23)24-11-13-7-5-4-6-8-13/h4-8,12H,9-11H2,1-3H3,(H,18,22)(H,19,23)/t12-,17?/m0/s1. The fourth-order valence-electron chi connectivity index (χ4n) is 2.65. The molecule has 0 saturated carbocycles. The van der Waals surface area contributed by atoms with E-state index in [1.54, 1.807) is 13.8 Å². The normalized spacial score (nSPS) is 20.5. The number of benzene rings is 1. The van der Waals surface area contributed by atoms with Crippen molar-refractivity contribution in [3.05, 3.63) is 35.9 Å². The summed E-state index contributed by atoms with van der Waals surface area (Å²) >= 11 is 0.